The minimum Gasteiger partial charge on any atom is -0.512 e. The van der Waals surface area contributed by atoms with Gasteiger partial charge in [0.2, 0.25) is 0 Å². The van der Waals surface area contributed by atoms with Crippen LogP contribution in [0.5, 0.6) is 0 Å². The molecule has 0 atom stereocenters. The van der Waals surface area contributed by atoms with E-state index in [1.807, 2.05) is 12.3 Å². The molecule has 3 aromatic carbocycles. The van der Waals surface area contributed by atoms with Crippen molar-refractivity contribution in [2.24, 2.45) is 11.8 Å². The van der Waals surface area contributed by atoms with Crippen LogP contribution >= 0.6 is 0 Å². The Morgan fingerprint density at radius 1 is 0.805 bits per heavy atom. The number of hydrogen-bond acceptors (Lipinski definition) is 3. The SMILES string of the molecule is C.O=C(C=C(O)C1CCCCC1)C1CCCCC1.[Ir].[c-]1ccc2ccccc2c1-c1ncc2c3c(cccc13)C=C2. The normalized spacial score (nSPS) is 16.9. The van der Waals surface area contributed by atoms with Gasteiger partial charge in [-0.15, -0.1) is 29.1 Å². The molecule has 0 saturated heterocycles. The first kappa shape index (κ1) is 30.9. The molecule has 1 aromatic heterocycles. The van der Waals surface area contributed by atoms with E-state index in [0.29, 0.717) is 5.76 Å². The van der Waals surface area contributed by atoms with E-state index in [-0.39, 0.29) is 45.2 Å². The standard InChI is InChI=1S/C21H12N.C15H24O2.CH4.Ir/c1-2-8-17-14(5-1)6-3-9-18(17)21-19-10-4-7-15-11-12-16(13-22-21)20(15)19;16-14(12-7-3-1-4-8-12)11-15(17)13-9-5-2-6-10-13;;/h1-8,10-13H;11-13,16H,1-10H2;1H4;/q-1;;;. The molecule has 1 heterocycles. The fourth-order valence-corrected chi connectivity index (χ4v) is 6.53. The van der Waals surface area contributed by atoms with Crippen molar-refractivity contribution >= 4 is 39.5 Å². The molecule has 2 saturated carbocycles. The minimum atomic E-state index is 0. The Labute approximate surface area is 258 Å². The Balaban J connectivity index is 0.000000186. The van der Waals surface area contributed by atoms with Gasteiger partial charge in [-0.1, -0.05) is 106 Å². The van der Waals surface area contributed by atoms with Gasteiger partial charge in [-0.05, 0) is 53.3 Å². The summed E-state index contributed by atoms with van der Waals surface area (Å²) in [5.41, 5.74) is 4.57. The van der Waals surface area contributed by atoms with Crippen LogP contribution in [0, 0.1) is 17.9 Å². The Hall–Kier alpha value is -3.07. The average molecular weight is 723 g/mol. The smallest absolute Gasteiger partial charge is 0.162 e. The van der Waals surface area contributed by atoms with E-state index < -0.39 is 0 Å². The van der Waals surface area contributed by atoms with Crippen LogP contribution in [0.2, 0.25) is 0 Å². The Morgan fingerprint density at radius 2 is 1.46 bits per heavy atom. The van der Waals surface area contributed by atoms with Crippen molar-refractivity contribution in [3.8, 4) is 11.3 Å². The summed E-state index contributed by atoms with van der Waals surface area (Å²) < 4.78 is 0. The number of pyridine rings is 1. The van der Waals surface area contributed by atoms with Crippen LogP contribution in [0.15, 0.2) is 72.6 Å². The number of carbonyl (C=O) groups excluding carboxylic acids is 1. The molecule has 215 valence electrons. The van der Waals surface area contributed by atoms with Gasteiger partial charge in [-0.25, -0.2) is 0 Å². The summed E-state index contributed by atoms with van der Waals surface area (Å²) in [5.74, 6) is 0.985. The van der Waals surface area contributed by atoms with E-state index in [2.05, 4.69) is 66.7 Å². The van der Waals surface area contributed by atoms with Gasteiger partial charge in [0.15, 0.2) is 5.78 Å². The number of aromatic nitrogens is 1. The molecule has 41 heavy (non-hydrogen) atoms. The first-order valence-electron chi connectivity index (χ1n) is 14.6. The van der Waals surface area contributed by atoms with Crippen molar-refractivity contribution < 1.29 is 30.0 Å². The van der Waals surface area contributed by atoms with E-state index >= 15 is 0 Å². The molecule has 0 bridgehead atoms. The summed E-state index contributed by atoms with van der Waals surface area (Å²) in [4.78, 5) is 16.8. The second-order valence-corrected chi connectivity index (χ2v) is 11.2. The first-order chi connectivity index (χ1) is 19.2. The third-order valence-corrected chi connectivity index (χ3v) is 8.69. The number of nitrogens with zero attached hydrogens (tertiary/aromatic N) is 1. The number of aliphatic hydroxyl groups excluding tert-OH is 1. The van der Waals surface area contributed by atoms with Crippen molar-refractivity contribution in [3.63, 3.8) is 0 Å². The maximum atomic E-state index is 12.0. The van der Waals surface area contributed by atoms with Crippen molar-refractivity contribution in [3.05, 3.63) is 89.8 Å². The maximum Gasteiger partial charge on any atom is 0.162 e. The second kappa shape index (κ2) is 14.2. The largest absolute Gasteiger partial charge is 0.512 e. The number of hydrogen-bond donors (Lipinski definition) is 1. The van der Waals surface area contributed by atoms with Crippen LogP contribution in [0.1, 0.15) is 82.8 Å². The second-order valence-electron chi connectivity index (χ2n) is 11.2. The molecule has 1 radical (unpaired) electrons. The summed E-state index contributed by atoms with van der Waals surface area (Å²) in [5, 5.41) is 14.9. The third kappa shape index (κ3) is 6.71. The van der Waals surface area contributed by atoms with E-state index in [1.165, 1.54) is 71.2 Å². The monoisotopic (exact) mass is 723 g/mol. The van der Waals surface area contributed by atoms with Gasteiger partial charge in [0.1, 0.15) is 0 Å². The number of ketones is 1. The van der Waals surface area contributed by atoms with Crippen LogP contribution in [0.4, 0.5) is 0 Å². The van der Waals surface area contributed by atoms with Gasteiger partial charge in [0.25, 0.3) is 0 Å². The zero-order valence-corrected chi connectivity index (χ0v) is 25.3. The summed E-state index contributed by atoms with van der Waals surface area (Å²) in [6.45, 7) is 0. The Bertz CT molecular complexity index is 1540. The third-order valence-electron chi connectivity index (χ3n) is 8.69. The van der Waals surface area contributed by atoms with Gasteiger partial charge >= 0.3 is 0 Å². The predicted octanol–water partition coefficient (Wildman–Crippen LogP) is 10.1. The summed E-state index contributed by atoms with van der Waals surface area (Å²) in [6.07, 6.45) is 19.3. The zero-order chi connectivity index (χ0) is 26.6. The van der Waals surface area contributed by atoms with E-state index in [4.69, 9.17) is 4.98 Å². The first-order valence-corrected chi connectivity index (χ1v) is 14.6. The maximum absolute atomic E-state index is 12.0. The summed E-state index contributed by atoms with van der Waals surface area (Å²) in [7, 11) is 0. The van der Waals surface area contributed by atoms with Crippen molar-refractivity contribution in [2.45, 2.75) is 71.6 Å². The van der Waals surface area contributed by atoms with Gasteiger partial charge in [-0.3, -0.25) is 4.79 Å². The van der Waals surface area contributed by atoms with E-state index in [0.717, 1.165) is 36.9 Å². The topological polar surface area (TPSA) is 50.2 Å². The molecule has 3 nitrogen and oxygen atoms in total. The molecular formula is C37H40IrNO2-. The molecule has 0 amide bonds. The zero-order valence-electron chi connectivity index (χ0n) is 22.9. The van der Waals surface area contributed by atoms with Gasteiger partial charge in [0, 0.05) is 44.2 Å². The van der Waals surface area contributed by atoms with Crippen LogP contribution < -0.4 is 0 Å². The van der Waals surface area contributed by atoms with E-state index in [9.17, 15) is 9.90 Å². The predicted molar refractivity (Wildman–Crippen MR) is 168 cm³/mol. The number of rotatable bonds is 4. The molecule has 7 rings (SSSR count). The number of benzene rings is 3. The number of carbonyl (C=O) groups is 1. The quantitative estimate of drug-likeness (QED) is 0.114. The van der Waals surface area contributed by atoms with Gasteiger partial charge in [0.05, 0.1) is 5.76 Å². The Morgan fingerprint density at radius 3 is 2.22 bits per heavy atom. The van der Waals surface area contributed by atoms with Gasteiger partial charge < -0.3 is 10.1 Å². The summed E-state index contributed by atoms with van der Waals surface area (Å²) in [6, 6.07) is 22.3. The number of aliphatic hydroxyl groups is 1. The molecule has 2 fully saturated rings. The molecule has 0 spiro atoms. The summed E-state index contributed by atoms with van der Waals surface area (Å²) >= 11 is 0. The number of fused-ring (bicyclic) bond motifs is 1. The Kier molecular flexibility index (Phi) is 10.7. The fraction of sp³-hybridized carbons (Fsp3) is 0.351. The van der Waals surface area contributed by atoms with Crippen LogP contribution in [-0.2, 0) is 24.9 Å². The van der Waals surface area contributed by atoms with Crippen molar-refractivity contribution in [1.82, 2.24) is 4.98 Å². The molecule has 3 aliphatic rings. The van der Waals surface area contributed by atoms with E-state index in [1.54, 1.807) is 6.08 Å². The molecule has 1 N–H and O–H groups in total. The molecular weight excluding hydrogens is 683 g/mol. The van der Waals surface area contributed by atoms with Crippen molar-refractivity contribution in [1.29, 1.82) is 0 Å². The van der Waals surface area contributed by atoms with Crippen molar-refractivity contribution in [2.75, 3.05) is 0 Å². The van der Waals surface area contributed by atoms with Crippen LogP contribution in [0.25, 0.3) is 45.0 Å². The van der Waals surface area contributed by atoms with Gasteiger partial charge in [-0.2, -0.15) is 0 Å². The average Bonchev–Trinajstić information content (AvgIpc) is 3.43. The molecule has 0 unspecified atom stereocenters. The molecule has 4 aromatic rings. The molecule has 3 aliphatic carbocycles. The molecule has 4 heteroatoms. The number of allylic oxidation sites excluding steroid dienone is 2. The van der Waals surface area contributed by atoms with Crippen LogP contribution in [-0.4, -0.2) is 15.9 Å². The minimum absolute atomic E-state index is 0. The fourth-order valence-electron chi connectivity index (χ4n) is 6.53. The van der Waals surface area contributed by atoms with Crippen LogP contribution in [0.3, 0.4) is 0 Å². The molecule has 0 aliphatic heterocycles.